The Hall–Kier alpha value is -1.27. The Morgan fingerprint density at radius 2 is 1.94 bits per heavy atom. The van der Waals surface area contributed by atoms with Crippen molar-refractivity contribution >= 4 is 21.6 Å². The number of hydrogen-bond donors (Lipinski definition) is 2. The number of nitrogens with two attached hydrogens (primary N) is 1. The summed E-state index contributed by atoms with van der Waals surface area (Å²) in [6.45, 7) is 3.00. The minimum absolute atomic E-state index is 0.452. The molecule has 0 spiro atoms. The number of para-hydroxylation sites is 1. The lowest BCUT2D eigenvalue weighted by atomic mass is 10.2. The third-order valence-electron chi connectivity index (χ3n) is 2.94. The van der Waals surface area contributed by atoms with Gasteiger partial charge in [0.15, 0.2) is 0 Å². The third-order valence-corrected chi connectivity index (χ3v) is 4.45. The van der Waals surface area contributed by atoms with E-state index in [-0.39, 0.29) is 0 Å². The van der Waals surface area contributed by atoms with Gasteiger partial charge in [-0.05, 0) is 31.4 Å². The smallest absolute Gasteiger partial charge is 0.301 e. The van der Waals surface area contributed by atoms with Gasteiger partial charge in [0.05, 0.1) is 11.4 Å². The largest absolute Gasteiger partial charge is 0.397 e. The van der Waals surface area contributed by atoms with E-state index in [4.69, 9.17) is 5.73 Å². The maximum absolute atomic E-state index is 12.1. The van der Waals surface area contributed by atoms with Crippen molar-refractivity contribution in [3.05, 3.63) is 23.8 Å². The molecular formula is C11H17N3O2S. The Labute approximate surface area is 102 Å². The average molecular weight is 255 g/mol. The van der Waals surface area contributed by atoms with Gasteiger partial charge in [-0.15, -0.1) is 0 Å². The lowest BCUT2D eigenvalue weighted by Gasteiger charge is -2.19. The first-order valence-corrected chi connectivity index (χ1v) is 7.08. The average Bonchev–Trinajstić information content (AvgIpc) is 2.77. The molecule has 0 radical (unpaired) electrons. The van der Waals surface area contributed by atoms with Crippen LogP contribution in [0.15, 0.2) is 18.2 Å². The molecule has 2 rings (SSSR count). The van der Waals surface area contributed by atoms with Gasteiger partial charge >= 0.3 is 10.2 Å². The molecule has 1 heterocycles. The highest BCUT2D eigenvalue weighted by Gasteiger charge is 2.25. The highest BCUT2D eigenvalue weighted by Crippen LogP contribution is 2.25. The molecule has 5 nitrogen and oxygen atoms in total. The van der Waals surface area contributed by atoms with Crippen LogP contribution in [-0.2, 0) is 10.2 Å². The van der Waals surface area contributed by atoms with E-state index in [0.29, 0.717) is 24.5 Å². The second-order valence-electron chi connectivity index (χ2n) is 4.25. The number of hydrogen-bond acceptors (Lipinski definition) is 3. The van der Waals surface area contributed by atoms with Crippen molar-refractivity contribution in [1.29, 1.82) is 0 Å². The van der Waals surface area contributed by atoms with Crippen LogP contribution in [0, 0.1) is 6.92 Å². The molecule has 0 atom stereocenters. The van der Waals surface area contributed by atoms with Crippen LogP contribution in [0.25, 0.3) is 0 Å². The molecule has 17 heavy (non-hydrogen) atoms. The predicted octanol–water partition coefficient (Wildman–Crippen LogP) is 1.33. The fourth-order valence-electron chi connectivity index (χ4n) is 1.95. The normalized spacial score (nSPS) is 17.2. The van der Waals surface area contributed by atoms with Gasteiger partial charge in [-0.25, -0.2) is 0 Å². The zero-order valence-corrected chi connectivity index (χ0v) is 10.6. The second kappa shape index (κ2) is 4.54. The van der Waals surface area contributed by atoms with E-state index in [2.05, 4.69) is 4.72 Å². The molecule has 94 valence electrons. The summed E-state index contributed by atoms with van der Waals surface area (Å²) in [6, 6.07) is 5.32. The second-order valence-corrected chi connectivity index (χ2v) is 5.92. The van der Waals surface area contributed by atoms with Crippen molar-refractivity contribution in [3.63, 3.8) is 0 Å². The van der Waals surface area contributed by atoms with Crippen LogP contribution in [0.5, 0.6) is 0 Å². The summed E-state index contributed by atoms with van der Waals surface area (Å²) in [7, 11) is -3.45. The van der Waals surface area contributed by atoms with Crippen molar-refractivity contribution in [2.75, 3.05) is 23.5 Å². The van der Waals surface area contributed by atoms with E-state index in [1.54, 1.807) is 12.1 Å². The van der Waals surface area contributed by atoms with Crippen molar-refractivity contribution in [3.8, 4) is 0 Å². The fourth-order valence-corrected chi connectivity index (χ4v) is 3.36. The fraction of sp³-hybridized carbons (Fsp3) is 0.455. The minimum atomic E-state index is -3.45. The number of anilines is 2. The molecule has 0 saturated carbocycles. The molecule has 0 bridgehead atoms. The van der Waals surface area contributed by atoms with E-state index in [1.165, 1.54) is 4.31 Å². The Morgan fingerprint density at radius 3 is 2.53 bits per heavy atom. The van der Waals surface area contributed by atoms with Crippen LogP contribution < -0.4 is 10.5 Å². The summed E-state index contributed by atoms with van der Waals surface area (Å²) in [6.07, 6.45) is 1.84. The predicted molar refractivity (Wildman–Crippen MR) is 68.9 cm³/mol. The summed E-state index contributed by atoms with van der Waals surface area (Å²) >= 11 is 0. The van der Waals surface area contributed by atoms with Gasteiger partial charge < -0.3 is 5.73 Å². The van der Waals surface area contributed by atoms with Crippen molar-refractivity contribution < 1.29 is 8.42 Å². The molecule has 1 fully saturated rings. The minimum Gasteiger partial charge on any atom is -0.397 e. The van der Waals surface area contributed by atoms with Crippen LogP contribution >= 0.6 is 0 Å². The van der Waals surface area contributed by atoms with Crippen LogP contribution in [0.1, 0.15) is 18.4 Å². The molecule has 0 aliphatic carbocycles. The van der Waals surface area contributed by atoms with E-state index >= 15 is 0 Å². The number of nitrogen functional groups attached to an aromatic ring is 1. The topological polar surface area (TPSA) is 75.4 Å². The molecule has 1 aromatic carbocycles. The first-order valence-electron chi connectivity index (χ1n) is 5.64. The zero-order valence-electron chi connectivity index (χ0n) is 9.81. The zero-order chi connectivity index (χ0) is 12.5. The van der Waals surface area contributed by atoms with E-state index in [9.17, 15) is 8.42 Å². The molecule has 0 aromatic heterocycles. The van der Waals surface area contributed by atoms with Gasteiger partial charge in [-0.3, -0.25) is 4.72 Å². The summed E-state index contributed by atoms with van der Waals surface area (Å²) in [5, 5.41) is 0. The lowest BCUT2D eigenvalue weighted by molar-refractivity contribution is 0.482. The van der Waals surface area contributed by atoms with Crippen molar-refractivity contribution in [2.45, 2.75) is 19.8 Å². The number of aryl methyl sites for hydroxylation is 1. The summed E-state index contributed by atoms with van der Waals surface area (Å²) in [4.78, 5) is 0. The Morgan fingerprint density at radius 1 is 1.29 bits per heavy atom. The van der Waals surface area contributed by atoms with Gasteiger partial charge in [0, 0.05) is 13.1 Å². The Kier molecular flexibility index (Phi) is 3.26. The summed E-state index contributed by atoms with van der Waals surface area (Å²) < 4.78 is 28.2. The van der Waals surface area contributed by atoms with Crippen molar-refractivity contribution in [2.24, 2.45) is 0 Å². The lowest BCUT2D eigenvalue weighted by Crippen LogP contribution is -2.33. The van der Waals surface area contributed by atoms with Crippen LogP contribution in [-0.4, -0.2) is 25.8 Å². The molecular weight excluding hydrogens is 238 g/mol. The molecule has 1 saturated heterocycles. The highest BCUT2D eigenvalue weighted by atomic mass is 32.2. The maximum Gasteiger partial charge on any atom is 0.301 e. The quantitative estimate of drug-likeness (QED) is 0.800. The number of nitrogens with zero attached hydrogens (tertiary/aromatic N) is 1. The number of nitrogens with one attached hydrogen (secondary N) is 1. The maximum atomic E-state index is 12.1. The molecule has 1 aliphatic heterocycles. The van der Waals surface area contributed by atoms with Gasteiger partial charge in [-0.2, -0.15) is 12.7 Å². The van der Waals surface area contributed by atoms with Crippen LogP contribution in [0.2, 0.25) is 0 Å². The van der Waals surface area contributed by atoms with E-state index in [0.717, 1.165) is 18.4 Å². The van der Waals surface area contributed by atoms with E-state index in [1.807, 2.05) is 13.0 Å². The monoisotopic (exact) mass is 255 g/mol. The number of rotatable bonds is 3. The van der Waals surface area contributed by atoms with Crippen LogP contribution in [0.3, 0.4) is 0 Å². The van der Waals surface area contributed by atoms with Gasteiger partial charge in [0.25, 0.3) is 0 Å². The summed E-state index contributed by atoms with van der Waals surface area (Å²) in [5.74, 6) is 0. The molecule has 1 aromatic rings. The molecule has 3 N–H and O–H groups in total. The first-order chi connectivity index (χ1) is 8.00. The third kappa shape index (κ3) is 2.53. The highest BCUT2D eigenvalue weighted by molar-refractivity contribution is 7.90. The molecule has 6 heteroatoms. The first kappa shape index (κ1) is 12.2. The Balaban J connectivity index is 2.26. The van der Waals surface area contributed by atoms with Gasteiger partial charge in [0.2, 0.25) is 0 Å². The molecule has 0 unspecified atom stereocenters. The molecule has 1 aliphatic rings. The van der Waals surface area contributed by atoms with E-state index < -0.39 is 10.2 Å². The standard InChI is InChI=1S/C11H17N3O2S/c1-9-5-4-6-10(12)11(9)13-17(15,16)14-7-2-3-8-14/h4-6,13H,2-3,7-8,12H2,1H3. The molecule has 0 amide bonds. The van der Waals surface area contributed by atoms with Gasteiger partial charge in [-0.1, -0.05) is 12.1 Å². The van der Waals surface area contributed by atoms with Crippen molar-refractivity contribution in [1.82, 2.24) is 4.31 Å². The van der Waals surface area contributed by atoms with Gasteiger partial charge in [0.1, 0.15) is 0 Å². The Bertz CT molecular complexity index is 487. The summed E-state index contributed by atoms with van der Waals surface area (Å²) in [5.41, 5.74) is 7.55. The number of benzene rings is 1. The SMILES string of the molecule is Cc1cccc(N)c1NS(=O)(=O)N1CCCC1. The van der Waals surface area contributed by atoms with Crippen LogP contribution in [0.4, 0.5) is 11.4 Å².